The van der Waals surface area contributed by atoms with Gasteiger partial charge in [-0.3, -0.25) is 4.98 Å². The van der Waals surface area contributed by atoms with Crippen molar-refractivity contribution in [1.82, 2.24) is 4.98 Å². The first-order valence-corrected chi connectivity index (χ1v) is 13.6. The van der Waals surface area contributed by atoms with E-state index in [0.717, 1.165) is 50.0 Å². The van der Waals surface area contributed by atoms with Gasteiger partial charge in [-0.25, -0.2) is 0 Å². The maximum Gasteiger partial charge on any atom is 0.127 e. The third-order valence-corrected chi connectivity index (χ3v) is 6.47. The van der Waals surface area contributed by atoms with Crippen LogP contribution in [-0.4, -0.2) is 22.8 Å². The highest BCUT2D eigenvalue weighted by molar-refractivity contribution is 5.72. The molecule has 0 radical (unpaired) electrons. The number of nitrogens with zero attached hydrogens (tertiary/aromatic N) is 1. The van der Waals surface area contributed by atoms with Gasteiger partial charge in [0.05, 0.1) is 12.7 Å². The van der Waals surface area contributed by atoms with Gasteiger partial charge in [0.2, 0.25) is 0 Å². The zero-order chi connectivity index (χ0) is 23.6. The Labute approximate surface area is 203 Å². The minimum atomic E-state index is -0.233. The molecular weight excluding hydrogens is 406 g/mol. The van der Waals surface area contributed by atoms with Gasteiger partial charge in [0.1, 0.15) is 5.75 Å². The molecule has 1 aromatic heterocycles. The fourth-order valence-electron chi connectivity index (χ4n) is 4.40. The molecule has 0 aliphatic heterocycles. The zero-order valence-corrected chi connectivity index (χ0v) is 21.2. The van der Waals surface area contributed by atoms with Crippen molar-refractivity contribution >= 4 is 0 Å². The molecule has 1 N–H and O–H groups in total. The van der Waals surface area contributed by atoms with Crippen molar-refractivity contribution in [2.24, 2.45) is 0 Å². The lowest BCUT2D eigenvalue weighted by atomic mass is 9.96. The van der Waals surface area contributed by atoms with Gasteiger partial charge in [-0.15, -0.1) is 0 Å². The van der Waals surface area contributed by atoms with Crippen LogP contribution in [0.15, 0.2) is 42.7 Å². The van der Waals surface area contributed by atoms with E-state index in [2.05, 4.69) is 43.1 Å². The lowest BCUT2D eigenvalue weighted by Crippen LogP contribution is -2.08. The molecule has 0 spiro atoms. The van der Waals surface area contributed by atoms with Gasteiger partial charge in [-0.1, -0.05) is 103 Å². The summed E-state index contributed by atoms with van der Waals surface area (Å²) < 4.78 is 6.22. The smallest absolute Gasteiger partial charge is 0.127 e. The molecule has 2 rings (SSSR count). The molecule has 1 heterocycles. The topological polar surface area (TPSA) is 42.4 Å². The molecule has 1 unspecified atom stereocenters. The number of unbranched alkanes of at least 4 members (excludes halogenated alkanes) is 10. The summed E-state index contributed by atoms with van der Waals surface area (Å²) >= 11 is 0. The average Bonchev–Trinajstić information content (AvgIpc) is 2.85. The van der Waals surface area contributed by atoms with Crippen LogP contribution in [0.25, 0.3) is 11.1 Å². The predicted molar refractivity (Wildman–Crippen MR) is 141 cm³/mol. The second kappa shape index (κ2) is 17.6. The van der Waals surface area contributed by atoms with Gasteiger partial charge in [-0.2, -0.15) is 0 Å². The number of aryl methyl sites for hydroxylation is 1. The van der Waals surface area contributed by atoms with E-state index in [4.69, 9.17) is 4.74 Å². The summed E-state index contributed by atoms with van der Waals surface area (Å²) in [4.78, 5) is 4.36. The molecule has 0 fully saturated rings. The van der Waals surface area contributed by atoms with Gasteiger partial charge in [0.25, 0.3) is 0 Å². The Morgan fingerprint density at radius 1 is 0.758 bits per heavy atom. The maximum atomic E-state index is 10.4. The molecule has 33 heavy (non-hydrogen) atoms. The number of pyridine rings is 1. The first-order chi connectivity index (χ1) is 16.3. The van der Waals surface area contributed by atoms with Crippen LogP contribution in [-0.2, 0) is 6.42 Å². The summed E-state index contributed by atoms with van der Waals surface area (Å²) in [7, 11) is 0. The molecule has 3 nitrogen and oxygen atoms in total. The van der Waals surface area contributed by atoms with Crippen molar-refractivity contribution in [1.29, 1.82) is 0 Å². The molecule has 0 aliphatic rings. The Kier molecular flexibility index (Phi) is 14.6. The second-order valence-electron chi connectivity index (χ2n) is 9.39. The minimum absolute atomic E-state index is 0.233. The molecule has 0 bridgehead atoms. The first kappa shape index (κ1) is 27.4. The Morgan fingerprint density at radius 3 is 2.18 bits per heavy atom. The Hall–Kier alpha value is -1.87. The normalized spacial score (nSPS) is 12.1. The van der Waals surface area contributed by atoms with E-state index in [-0.39, 0.29) is 6.10 Å². The van der Waals surface area contributed by atoms with Crippen LogP contribution >= 0.6 is 0 Å². The van der Waals surface area contributed by atoms with Crippen LogP contribution in [0.2, 0.25) is 0 Å². The largest absolute Gasteiger partial charge is 0.493 e. The number of aliphatic hydroxyl groups excluding tert-OH is 1. The Morgan fingerprint density at radius 2 is 1.42 bits per heavy atom. The van der Waals surface area contributed by atoms with Crippen LogP contribution in [0.3, 0.4) is 0 Å². The molecule has 2 aromatic rings. The van der Waals surface area contributed by atoms with Crippen molar-refractivity contribution < 1.29 is 9.84 Å². The van der Waals surface area contributed by atoms with E-state index >= 15 is 0 Å². The van der Waals surface area contributed by atoms with E-state index in [1.54, 1.807) is 0 Å². The minimum Gasteiger partial charge on any atom is -0.493 e. The van der Waals surface area contributed by atoms with E-state index in [1.807, 2.05) is 18.5 Å². The van der Waals surface area contributed by atoms with Crippen molar-refractivity contribution in [3.8, 4) is 16.9 Å². The van der Waals surface area contributed by atoms with Crippen LogP contribution in [0, 0.1) is 0 Å². The molecule has 3 heteroatoms. The second-order valence-corrected chi connectivity index (χ2v) is 9.39. The summed E-state index contributed by atoms with van der Waals surface area (Å²) in [5.74, 6) is 0.952. The summed E-state index contributed by atoms with van der Waals surface area (Å²) in [5.41, 5.74) is 3.50. The standard InChI is InChI=1S/C30H47NO2/c1-3-5-7-9-10-11-12-16-24-33-30-19-15-14-18-29(30)28-22-23-31-25-26(28)20-21-27(32)17-13-8-6-4-2/h14-15,18-19,22-23,25,27,32H,3-13,16-17,20-21,24H2,1-2H3. The number of aromatic nitrogens is 1. The summed E-state index contributed by atoms with van der Waals surface area (Å²) in [6.07, 6.45) is 21.4. The lowest BCUT2D eigenvalue weighted by Gasteiger charge is -2.16. The SMILES string of the molecule is CCCCCCCCCCOc1ccccc1-c1ccncc1CCC(O)CCCCCC. The molecular formula is C30H47NO2. The average molecular weight is 454 g/mol. The van der Waals surface area contributed by atoms with Crippen molar-refractivity contribution in [2.45, 2.75) is 116 Å². The van der Waals surface area contributed by atoms with Crippen molar-refractivity contribution in [3.05, 3.63) is 48.3 Å². The summed E-state index contributed by atoms with van der Waals surface area (Å²) in [5, 5.41) is 10.4. The predicted octanol–water partition coefficient (Wildman–Crippen LogP) is 8.53. The van der Waals surface area contributed by atoms with E-state index in [9.17, 15) is 5.11 Å². The number of ether oxygens (including phenoxy) is 1. The lowest BCUT2D eigenvalue weighted by molar-refractivity contribution is 0.151. The molecule has 184 valence electrons. The quantitative estimate of drug-likeness (QED) is 0.217. The zero-order valence-electron chi connectivity index (χ0n) is 21.2. The number of benzene rings is 1. The van der Waals surface area contributed by atoms with E-state index < -0.39 is 0 Å². The van der Waals surface area contributed by atoms with Crippen LogP contribution < -0.4 is 4.74 Å². The maximum absolute atomic E-state index is 10.4. The van der Waals surface area contributed by atoms with Gasteiger partial charge >= 0.3 is 0 Å². The van der Waals surface area contributed by atoms with Crippen LogP contribution in [0.4, 0.5) is 0 Å². The Bertz CT molecular complexity index is 746. The van der Waals surface area contributed by atoms with E-state index in [0.29, 0.717) is 0 Å². The monoisotopic (exact) mass is 453 g/mol. The third-order valence-electron chi connectivity index (χ3n) is 6.47. The first-order valence-electron chi connectivity index (χ1n) is 13.6. The highest BCUT2D eigenvalue weighted by atomic mass is 16.5. The Balaban J connectivity index is 1.85. The van der Waals surface area contributed by atoms with Crippen LogP contribution in [0.1, 0.15) is 109 Å². The van der Waals surface area contributed by atoms with E-state index in [1.165, 1.54) is 75.3 Å². The van der Waals surface area contributed by atoms with Crippen LogP contribution in [0.5, 0.6) is 5.75 Å². The molecule has 0 amide bonds. The number of hydrogen-bond acceptors (Lipinski definition) is 3. The van der Waals surface area contributed by atoms with Gasteiger partial charge in [0, 0.05) is 18.0 Å². The highest BCUT2D eigenvalue weighted by Gasteiger charge is 2.12. The van der Waals surface area contributed by atoms with Gasteiger partial charge in [-0.05, 0) is 48.9 Å². The molecule has 1 aromatic carbocycles. The number of aliphatic hydroxyl groups is 1. The van der Waals surface area contributed by atoms with Crippen molar-refractivity contribution in [2.75, 3.05) is 6.61 Å². The molecule has 0 saturated heterocycles. The van der Waals surface area contributed by atoms with Gasteiger partial charge in [0.15, 0.2) is 0 Å². The summed E-state index contributed by atoms with van der Waals surface area (Å²) in [6.45, 7) is 5.25. The highest BCUT2D eigenvalue weighted by Crippen LogP contribution is 2.33. The number of hydrogen-bond donors (Lipinski definition) is 1. The molecule has 0 saturated carbocycles. The molecule has 1 atom stereocenters. The third kappa shape index (κ3) is 11.2. The number of rotatable bonds is 19. The summed E-state index contributed by atoms with van der Waals surface area (Å²) in [6, 6.07) is 10.4. The van der Waals surface area contributed by atoms with Crippen molar-refractivity contribution in [3.63, 3.8) is 0 Å². The molecule has 0 aliphatic carbocycles. The number of para-hydroxylation sites is 1. The fourth-order valence-corrected chi connectivity index (χ4v) is 4.40. The van der Waals surface area contributed by atoms with Gasteiger partial charge < -0.3 is 9.84 Å². The fraction of sp³-hybridized carbons (Fsp3) is 0.633.